The number of nitrogens with one attached hydrogen (secondary N) is 1. The Morgan fingerprint density at radius 1 is 1.24 bits per heavy atom. The molecule has 2 aromatic rings. The Hall–Kier alpha value is -1.54. The van der Waals surface area contributed by atoms with E-state index in [1.807, 2.05) is 0 Å². The number of aromatic amines is 1. The maximum Gasteiger partial charge on any atom is 0.0458 e. The van der Waals surface area contributed by atoms with Gasteiger partial charge in [-0.25, -0.2) is 0 Å². The molecule has 2 heteroatoms. The zero-order valence-corrected chi connectivity index (χ0v) is 12.9. The van der Waals surface area contributed by atoms with E-state index in [9.17, 15) is 0 Å². The third-order valence-electron chi connectivity index (χ3n) is 5.19. The first-order chi connectivity index (χ1) is 10.3. The van der Waals surface area contributed by atoms with Crippen LogP contribution in [0.4, 0.5) is 0 Å². The minimum absolute atomic E-state index is 0.742. The Kier molecular flexibility index (Phi) is 3.34. The van der Waals surface area contributed by atoms with Crippen LogP contribution in [0.2, 0.25) is 0 Å². The molecule has 4 rings (SSSR count). The summed E-state index contributed by atoms with van der Waals surface area (Å²) in [6, 6.07) is 8.79. The molecule has 0 aliphatic carbocycles. The maximum atomic E-state index is 3.68. The predicted octanol–water partition coefficient (Wildman–Crippen LogP) is 3.92. The molecule has 21 heavy (non-hydrogen) atoms. The van der Waals surface area contributed by atoms with Crippen LogP contribution in [0.15, 0.2) is 35.9 Å². The molecule has 0 spiro atoms. The molecule has 1 aromatic carbocycles. The van der Waals surface area contributed by atoms with Gasteiger partial charge in [-0.1, -0.05) is 36.8 Å². The Morgan fingerprint density at radius 3 is 3.05 bits per heavy atom. The summed E-state index contributed by atoms with van der Waals surface area (Å²) in [4.78, 5) is 6.34. The number of benzene rings is 1. The molecule has 2 bridgehead atoms. The second-order valence-corrected chi connectivity index (χ2v) is 6.59. The summed E-state index contributed by atoms with van der Waals surface area (Å²) in [7, 11) is 0. The van der Waals surface area contributed by atoms with Crippen molar-refractivity contribution in [3.63, 3.8) is 0 Å². The van der Waals surface area contributed by atoms with Crippen LogP contribution in [-0.2, 0) is 12.8 Å². The van der Waals surface area contributed by atoms with Crippen molar-refractivity contribution >= 4 is 10.9 Å². The van der Waals surface area contributed by atoms with Crippen LogP contribution in [0.5, 0.6) is 0 Å². The lowest BCUT2D eigenvalue weighted by Gasteiger charge is -2.31. The molecule has 2 atom stereocenters. The first-order valence-electron chi connectivity index (χ1n) is 8.34. The fraction of sp³-hybridized carbons (Fsp3) is 0.474. The highest BCUT2D eigenvalue weighted by molar-refractivity contribution is 5.84. The Morgan fingerprint density at radius 2 is 2.14 bits per heavy atom. The summed E-state index contributed by atoms with van der Waals surface area (Å²) in [5.74, 6) is 0.742. The maximum absolute atomic E-state index is 3.68. The van der Waals surface area contributed by atoms with E-state index in [-0.39, 0.29) is 0 Å². The average Bonchev–Trinajstić information content (AvgIpc) is 2.89. The molecule has 1 aromatic heterocycles. The van der Waals surface area contributed by atoms with Crippen molar-refractivity contribution in [2.45, 2.75) is 32.6 Å². The largest absolute Gasteiger partial charge is 0.358 e. The van der Waals surface area contributed by atoms with E-state index in [0.29, 0.717) is 0 Å². The number of para-hydroxylation sites is 1. The van der Waals surface area contributed by atoms with Crippen LogP contribution in [0, 0.1) is 5.92 Å². The zero-order valence-electron chi connectivity index (χ0n) is 12.9. The van der Waals surface area contributed by atoms with Crippen molar-refractivity contribution in [1.29, 1.82) is 0 Å². The van der Waals surface area contributed by atoms with Crippen molar-refractivity contribution in [2.24, 2.45) is 5.92 Å². The van der Waals surface area contributed by atoms with Crippen molar-refractivity contribution in [3.05, 3.63) is 47.2 Å². The fourth-order valence-electron chi connectivity index (χ4n) is 4.05. The van der Waals surface area contributed by atoms with Gasteiger partial charge in [-0.15, -0.1) is 0 Å². The highest BCUT2D eigenvalue weighted by Gasteiger charge is 2.23. The molecular weight excluding hydrogens is 256 g/mol. The number of aromatic nitrogens is 1. The molecule has 0 saturated heterocycles. The molecule has 0 radical (unpaired) electrons. The monoisotopic (exact) mass is 280 g/mol. The molecule has 2 aliphatic heterocycles. The van der Waals surface area contributed by atoms with Gasteiger partial charge < -0.3 is 4.98 Å². The average molecular weight is 280 g/mol. The Labute approximate surface area is 126 Å². The van der Waals surface area contributed by atoms with Gasteiger partial charge in [-0.2, -0.15) is 0 Å². The molecule has 2 unspecified atom stereocenters. The van der Waals surface area contributed by atoms with Gasteiger partial charge in [-0.05, 0) is 43.2 Å². The summed E-state index contributed by atoms with van der Waals surface area (Å²) in [5, 5.41) is 1.44. The second-order valence-electron chi connectivity index (χ2n) is 6.59. The van der Waals surface area contributed by atoms with E-state index < -0.39 is 0 Å². The molecular formula is C19H24N2. The number of fused-ring (bicyclic) bond motifs is 5. The summed E-state index contributed by atoms with van der Waals surface area (Å²) < 4.78 is 0. The lowest BCUT2D eigenvalue weighted by atomic mass is 9.94. The van der Waals surface area contributed by atoms with Gasteiger partial charge in [0.25, 0.3) is 0 Å². The molecule has 2 aliphatic rings. The second kappa shape index (κ2) is 5.34. The third-order valence-corrected chi connectivity index (χ3v) is 5.19. The smallest absolute Gasteiger partial charge is 0.0458 e. The number of hydrogen-bond donors (Lipinski definition) is 1. The lowest BCUT2D eigenvalue weighted by molar-refractivity contribution is 0.249. The van der Waals surface area contributed by atoms with E-state index >= 15 is 0 Å². The van der Waals surface area contributed by atoms with E-state index in [2.05, 4.69) is 47.1 Å². The van der Waals surface area contributed by atoms with Crippen LogP contribution >= 0.6 is 0 Å². The molecule has 1 N–H and O–H groups in total. The summed E-state index contributed by atoms with van der Waals surface area (Å²) >= 11 is 0. The fourth-order valence-corrected chi connectivity index (χ4v) is 4.05. The minimum Gasteiger partial charge on any atom is -0.358 e. The predicted molar refractivity (Wildman–Crippen MR) is 88.6 cm³/mol. The van der Waals surface area contributed by atoms with Gasteiger partial charge in [0, 0.05) is 36.2 Å². The molecule has 2 nitrogen and oxygen atoms in total. The topological polar surface area (TPSA) is 19.0 Å². The molecule has 0 saturated carbocycles. The van der Waals surface area contributed by atoms with Crippen LogP contribution < -0.4 is 0 Å². The number of hydrogen-bond acceptors (Lipinski definition) is 1. The lowest BCUT2D eigenvalue weighted by Crippen LogP contribution is -2.35. The highest BCUT2D eigenvalue weighted by atomic mass is 15.1. The molecule has 3 heterocycles. The van der Waals surface area contributed by atoms with Gasteiger partial charge >= 0.3 is 0 Å². The zero-order chi connectivity index (χ0) is 14.2. The van der Waals surface area contributed by atoms with Crippen molar-refractivity contribution in [2.75, 3.05) is 19.6 Å². The van der Waals surface area contributed by atoms with E-state index in [1.54, 1.807) is 11.1 Å². The van der Waals surface area contributed by atoms with Crippen molar-refractivity contribution in [3.8, 4) is 0 Å². The molecule has 0 fully saturated rings. The van der Waals surface area contributed by atoms with Gasteiger partial charge in [0.15, 0.2) is 0 Å². The van der Waals surface area contributed by atoms with Crippen LogP contribution in [-0.4, -0.2) is 29.5 Å². The SMILES string of the molecule is CCC1=CC2CCc3[nH]c4ccccc4c3CCN(C1)C2. The number of rotatable bonds is 1. The number of nitrogens with zero attached hydrogens (tertiary/aromatic N) is 1. The number of aryl methyl sites for hydroxylation is 1. The first-order valence-corrected chi connectivity index (χ1v) is 8.34. The first kappa shape index (κ1) is 13.1. The normalized spacial score (nSPS) is 25.7. The Bertz CT molecular complexity index is 680. The van der Waals surface area contributed by atoms with E-state index in [4.69, 9.17) is 0 Å². The minimum atomic E-state index is 0.742. The van der Waals surface area contributed by atoms with Crippen LogP contribution in [0.25, 0.3) is 10.9 Å². The highest BCUT2D eigenvalue weighted by Crippen LogP contribution is 2.29. The van der Waals surface area contributed by atoms with Gasteiger partial charge in [-0.3, -0.25) is 4.90 Å². The van der Waals surface area contributed by atoms with E-state index in [1.165, 1.54) is 61.9 Å². The number of H-pyrrole nitrogens is 1. The molecule has 0 amide bonds. The van der Waals surface area contributed by atoms with Crippen molar-refractivity contribution < 1.29 is 0 Å². The quantitative estimate of drug-likeness (QED) is 0.784. The van der Waals surface area contributed by atoms with Gasteiger partial charge in [0.05, 0.1) is 0 Å². The summed E-state index contributed by atoms with van der Waals surface area (Å²) in [6.07, 6.45) is 7.42. The van der Waals surface area contributed by atoms with Gasteiger partial charge in [0.1, 0.15) is 0 Å². The summed E-state index contributed by atoms with van der Waals surface area (Å²) in [6.45, 7) is 5.93. The van der Waals surface area contributed by atoms with Gasteiger partial charge in [0.2, 0.25) is 0 Å². The molecule has 110 valence electrons. The Balaban J connectivity index is 1.70. The standard InChI is InChI=1S/C19H24N2/c1-2-14-11-15-7-8-19-17(9-10-21(12-14)13-15)16-5-3-4-6-18(16)20-19/h3-6,11,15,20H,2,7-10,12-13H2,1H3. The van der Waals surface area contributed by atoms with Crippen molar-refractivity contribution in [1.82, 2.24) is 9.88 Å². The third kappa shape index (κ3) is 2.42. The summed E-state index contributed by atoms with van der Waals surface area (Å²) in [5.41, 5.74) is 6.00. The van der Waals surface area contributed by atoms with Crippen LogP contribution in [0.3, 0.4) is 0 Å². The van der Waals surface area contributed by atoms with E-state index in [0.717, 1.165) is 5.92 Å². The van der Waals surface area contributed by atoms with Crippen LogP contribution in [0.1, 0.15) is 31.0 Å².